The zero-order valence-electron chi connectivity index (χ0n) is 15.1. The summed E-state index contributed by atoms with van der Waals surface area (Å²) >= 11 is 6.54. The van der Waals surface area contributed by atoms with Gasteiger partial charge in [0.05, 0.1) is 19.8 Å². The number of hydrogen-bond donors (Lipinski definition) is 1. The number of ether oxygens (including phenoxy) is 3. The molecule has 0 aliphatic carbocycles. The van der Waals surface area contributed by atoms with Crippen LogP contribution in [-0.2, 0) is 9.47 Å². The molecule has 1 rings (SSSR count). The van der Waals surface area contributed by atoms with Crippen LogP contribution in [0.5, 0.6) is 5.75 Å². The highest BCUT2D eigenvalue weighted by molar-refractivity contribution is 8.23. The van der Waals surface area contributed by atoms with Gasteiger partial charge in [0, 0.05) is 10.8 Å². The first-order valence-electron chi connectivity index (χ1n) is 8.15. The van der Waals surface area contributed by atoms with Crippen LogP contribution < -0.4 is 4.74 Å². The molecule has 1 N–H and O–H groups in total. The molecule has 0 heterocycles. The number of Topliss-reactive ketones (excluding diaryl/α,β-unsaturated/α-hetero) is 1. The number of thiocarbonyl (C=S) groups is 1. The average Bonchev–Trinajstić information content (AvgIpc) is 2.53. The van der Waals surface area contributed by atoms with Gasteiger partial charge in [-0.1, -0.05) is 18.7 Å². The van der Waals surface area contributed by atoms with Crippen molar-refractivity contribution in [3.8, 4) is 5.75 Å². The van der Waals surface area contributed by atoms with E-state index in [1.807, 2.05) is 13.8 Å². The zero-order chi connectivity index (χ0) is 18.9. The van der Waals surface area contributed by atoms with Gasteiger partial charge in [-0.2, -0.15) is 0 Å². The number of thioether (sulfide) groups is 1. The van der Waals surface area contributed by atoms with Crippen molar-refractivity contribution in [1.29, 1.82) is 0 Å². The van der Waals surface area contributed by atoms with Crippen LogP contribution in [0.15, 0.2) is 24.3 Å². The van der Waals surface area contributed by atoms with Gasteiger partial charge in [0.15, 0.2) is 5.78 Å². The molecule has 0 aliphatic heterocycles. The van der Waals surface area contributed by atoms with Crippen molar-refractivity contribution in [2.45, 2.75) is 38.5 Å². The number of carbonyl (C=O) groups is 1. The first-order chi connectivity index (χ1) is 11.7. The van der Waals surface area contributed by atoms with Gasteiger partial charge in [-0.05, 0) is 57.3 Å². The van der Waals surface area contributed by atoms with Crippen molar-refractivity contribution in [3.05, 3.63) is 29.8 Å². The Hall–Kier alpha value is -1.15. The van der Waals surface area contributed by atoms with Gasteiger partial charge in [-0.15, -0.1) is 0 Å². The molecule has 0 amide bonds. The first kappa shape index (κ1) is 21.9. The van der Waals surface area contributed by atoms with Crippen LogP contribution in [0.3, 0.4) is 0 Å². The molecule has 1 aromatic rings. The van der Waals surface area contributed by atoms with Crippen LogP contribution in [-0.4, -0.2) is 52.6 Å². The highest BCUT2D eigenvalue weighted by Crippen LogP contribution is 2.17. The maximum absolute atomic E-state index is 11.9. The fraction of sp³-hybridized carbons (Fsp3) is 0.556. The van der Waals surface area contributed by atoms with Crippen LogP contribution in [0.25, 0.3) is 0 Å². The monoisotopic (exact) mass is 386 g/mol. The van der Waals surface area contributed by atoms with Crippen LogP contribution >= 0.6 is 24.0 Å². The summed E-state index contributed by atoms with van der Waals surface area (Å²) in [6, 6.07) is 6.70. The number of benzene rings is 1. The highest BCUT2D eigenvalue weighted by atomic mass is 32.2. The van der Waals surface area contributed by atoms with Gasteiger partial charge in [-0.3, -0.25) is 4.79 Å². The summed E-state index contributed by atoms with van der Waals surface area (Å²) < 4.78 is 16.9. The molecule has 140 valence electrons. The fourth-order valence-corrected chi connectivity index (χ4v) is 3.16. The number of hydrogen-bond acceptors (Lipinski definition) is 7. The molecule has 5 nitrogen and oxygen atoms in total. The summed E-state index contributed by atoms with van der Waals surface area (Å²) in [5, 5.41) is 9.94. The third-order valence-electron chi connectivity index (χ3n) is 3.08. The Kier molecular flexibility index (Phi) is 9.42. The largest absolute Gasteiger partial charge is 0.491 e. The van der Waals surface area contributed by atoms with E-state index in [4.69, 9.17) is 26.4 Å². The smallest absolute Gasteiger partial charge is 0.220 e. The van der Waals surface area contributed by atoms with E-state index in [1.165, 1.54) is 25.6 Å². The minimum absolute atomic E-state index is 0.214. The van der Waals surface area contributed by atoms with E-state index in [1.54, 1.807) is 24.3 Å². The number of aliphatic hydroxyl groups is 1. The third kappa shape index (κ3) is 8.67. The first-order valence-corrected chi connectivity index (χ1v) is 9.44. The molecule has 1 aromatic carbocycles. The van der Waals surface area contributed by atoms with Gasteiger partial charge in [0.2, 0.25) is 4.38 Å². The normalized spacial score (nSPS) is 12.5. The third-order valence-corrected chi connectivity index (χ3v) is 4.34. The Morgan fingerprint density at radius 3 is 2.48 bits per heavy atom. The van der Waals surface area contributed by atoms with E-state index in [0.29, 0.717) is 42.1 Å². The lowest BCUT2D eigenvalue weighted by atomic mass is 9.97. The molecule has 0 saturated carbocycles. The predicted octanol–water partition coefficient (Wildman–Crippen LogP) is 3.48. The molecule has 0 aromatic heterocycles. The molecule has 0 radical (unpaired) electrons. The molecule has 25 heavy (non-hydrogen) atoms. The summed E-state index contributed by atoms with van der Waals surface area (Å²) in [7, 11) is 0. The van der Waals surface area contributed by atoms with E-state index in [0.717, 1.165) is 0 Å². The Labute approximate surface area is 159 Å². The Morgan fingerprint density at radius 2 is 1.92 bits per heavy atom. The maximum Gasteiger partial charge on any atom is 0.220 e. The predicted molar refractivity (Wildman–Crippen MR) is 105 cm³/mol. The van der Waals surface area contributed by atoms with Gasteiger partial charge in [0.1, 0.15) is 18.0 Å². The van der Waals surface area contributed by atoms with Gasteiger partial charge in [0.25, 0.3) is 0 Å². The van der Waals surface area contributed by atoms with Crippen molar-refractivity contribution in [3.63, 3.8) is 0 Å². The number of carbonyl (C=O) groups excluding carboxylic acids is 1. The molecule has 1 atom stereocenters. The lowest BCUT2D eigenvalue weighted by Crippen LogP contribution is -2.30. The van der Waals surface area contributed by atoms with Crippen LogP contribution in [0.4, 0.5) is 0 Å². The minimum Gasteiger partial charge on any atom is -0.491 e. The van der Waals surface area contributed by atoms with E-state index in [9.17, 15) is 9.90 Å². The second-order valence-electron chi connectivity index (χ2n) is 5.95. The van der Waals surface area contributed by atoms with Crippen LogP contribution in [0.2, 0.25) is 0 Å². The topological polar surface area (TPSA) is 65.0 Å². The SMILES string of the molecule is CCOC(=S)SC(C)COCCOc1ccc(C(=O)C(C)(C)O)cc1. The van der Waals surface area contributed by atoms with Gasteiger partial charge >= 0.3 is 0 Å². The quantitative estimate of drug-likeness (QED) is 0.375. The Balaban J connectivity index is 2.26. The molecule has 0 fully saturated rings. The zero-order valence-corrected chi connectivity index (χ0v) is 16.7. The van der Waals surface area contributed by atoms with Crippen molar-refractivity contribution in [2.24, 2.45) is 0 Å². The molecular formula is C18H26O5S2. The van der Waals surface area contributed by atoms with E-state index in [2.05, 4.69) is 0 Å². The van der Waals surface area contributed by atoms with E-state index in [-0.39, 0.29) is 11.0 Å². The number of ketones is 1. The highest BCUT2D eigenvalue weighted by Gasteiger charge is 2.24. The van der Waals surface area contributed by atoms with Crippen molar-refractivity contribution < 1.29 is 24.1 Å². The van der Waals surface area contributed by atoms with E-state index >= 15 is 0 Å². The molecular weight excluding hydrogens is 360 g/mol. The van der Waals surface area contributed by atoms with Crippen molar-refractivity contribution in [1.82, 2.24) is 0 Å². The van der Waals surface area contributed by atoms with Crippen molar-refractivity contribution in [2.75, 3.05) is 26.4 Å². The minimum atomic E-state index is -1.38. The molecule has 0 bridgehead atoms. The maximum atomic E-state index is 11.9. The standard InChI is InChI=1S/C18H26O5S2/c1-5-22-17(24)25-13(2)12-21-10-11-23-15-8-6-14(7-9-15)16(19)18(3,4)20/h6-9,13,20H,5,10-12H2,1-4H3. The fourth-order valence-electron chi connectivity index (χ4n) is 1.87. The molecule has 1 unspecified atom stereocenters. The summed E-state index contributed by atoms with van der Waals surface area (Å²) in [5.74, 6) is 0.328. The van der Waals surface area contributed by atoms with Gasteiger partial charge in [-0.25, -0.2) is 0 Å². The van der Waals surface area contributed by atoms with Crippen LogP contribution in [0, 0.1) is 0 Å². The molecule has 0 aliphatic rings. The number of rotatable bonds is 10. The second kappa shape index (κ2) is 10.8. The van der Waals surface area contributed by atoms with Crippen LogP contribution in [0.1, 0.15) is 38.1 Å². The van der Waals surface area contributed by atoms with Crippen molar-refractivity contribution >= 4 is 34.1 Å². The molecule has 0 saturated heterocycles. The lowest BCUT2D eigenvalue weighted by molar-refractivity contribution is 0.0488. The summed E-state index contributed by atoms with van der Waals surface area (Å²) in [4.78, 5) is 11.9. The Morgan fingerprint density at radius 1 is 1.28 bits per heavy atom. The lowest BCUT2D eigenvalue weighted by Gasteiger charge is -2.15. The molecule has 0 spiro atoms. The van der Waals surface area contributed by atoms with E-state index < -0.39 is 5.60 Å². The second-order valence-corrected chi connectivity index (χ2v) is 7.99. The van der Waals surface area contributed by atoms with Gasteiger partial charge < -0.3 is 19.3 Å². The summed E-state index contributed by atoms with van der Waals surface area (Å²) in [6.07, 6.45) is 0. The summed E-state index contributed by atoms with van der Waals surface area (Å²) in [5.41, 5.74) is -0.928. The average molecular weight is 387 g/mol. The Bertz CT molecular complexity index is 552. The summed E-state index contributed by atoms with van der Waals surface area (Å²) in [6.45, 7) is 8.86. The molecule has 7 heteroatoms.